The fourth-order valence-corrected chi connectivity index (χ4v) is 4.55. The number of hydrogen-bond acceptors (Lipinski definition) is 5. The third-order valence-corrected chi connectivity index (χ3v) is 6.24. The first-order chi connectivity index (χ1) is 17.4. The van der Waals surface area contributed by atoms with Crippen LogP contribution >= 0.6 is 0 Å². The summed E-state index contributed by atoms with van der Waals surface area (Å²) in [5.41, 5.74) is 1.82. The summed E-state index contributed by atoms with van der Waals surface area (Å²) in [5, 5.41) is 14.7. The van der Waals surface area contributed by atoms with Crippen molar-refractivity contribution in [3.05, 3.63) is 102 Å². The van der Waals surface area contributed by atoms with E-state index in [0.29, 0.717) is 6.42 Å². The zero-order valence-corrected chi connectivity index (χ0v) is 21.7. The van der Waals surface area contributed by atoms with Crippen LogP contribution in [0.15, 0.2) is 84.9 Å². The van der Waals surface area contributed by atoms with Crippen molar-refractivity contribution in [1.29, 1.82) is 0 Å². The first kappa shape index (κ1) is 27.2. The summed E-state index contributed by atoms with van der Waals surface area (Å²) in [7, 11) is 1.64. The Kier molecular flexibility index (Phi) is 9.91. The molecule has 2 N–H and O–H groups in total. The molecule has 6 nitrogen and oxygen atoms in total. The van der Waals surface area contributed by atoms with Gasteiger partial charge in [0.1, 0.15) is 17.5 Å². The second kappa shape index (κ2) is 13.1. The molecular weight excluding hydrogens is 452 g/mol. The molecule has 0 saturated heterocycles. The van der Waals surface area contributed by atoms with Crippen LogP contribution in [0.5, 0.6) is 5.75 Å². The summed E-state index contributed by atoms with van der Waals surface area (Å²) in [6, 6.07) is 27.6. The lowest BCUT2D eigenvalue weighted by Crippen LogP contribution is -2.54. The summed E-state index contributed by atoms with van der Waals surface area (Å²) in [4.78, 5) is 19.2. The van der Waals surface area contributed by atoms with E-state index in [-0.39, 0.29) is 6.04 Å². The molecule has 0 aliphatic carbocycles. The van der Waals surface area contributed by atoms with Crippen LogP contribution in [0.4, 0.5) is 4.79 Å². The van der Waals surface area contributed by atoms with Crippen LogP contribution in [0.1, 0.15) is 63.1 Å². The molecular formula is C30H38N2O4. The molecule has 0 aliphatic heterocycles. The number of aliphatic hydroxyl groups is 1. The van der Waals surface area contributed by atoms with Gasteiger partial charge in [-0.1, -0.05) is 92.6 Å². The van der Waals surface area contributed by atoms with Crippen molar-refractivity contribution < 1.29 is 19.5 Å². The van der Waals surface area contributed by atoms with Gasteiger partial charge in [0.15, 0.2) is 0 Å². The van der Waals surface area contributed by atoms with Gasteiger partial charge in [0.25, 0.3) is 0 Å². The smallest absolute Gasteiger partial charge is 0.428 e. The molecule has 0 spiro atoms. The van der Waals surface area contributed by atoms with Crippen molar-refractivity contribution in [2.75, 3.05) is 7.11 Å². The fourth-order valence-electron chi connectivity index (χ4n) is 4.55. The van der Waals surface area contributed by atoms with E-state index < -0.39 is 17.9 Å². The van der Waals surface area contributed by atoms with Gasteiger partial charge in [0, 0.05) is 6.04 Å². The van der Waals surface area contributed by atoms with Crippen molar-refractivity contribution in [2.45, 2.75) is 64.3 Å². The summed E-state index contributed by atoms with van der Waals surface area (Å²) in [5.74, 6) is 0.735. The zero-order chi connectivity index (χ0) is 26.0. The number of unbranched alkanes of at least 4 members (excludes halogenated alkanes) is 2. The first-order valence-corrected chi connectivity index (χ1v) is 12.6. The van der Waals surface area contributed by atoms with Crippen molar-refractivity contribution in [3.63, 3.8) is 0 Å². The van der Waals surface area contributed by atoms with Crippen molar-refractivity contribution >= 4 is 6.09 Å². The Hall–Kier alpha value is -3.35. The van der Waals surface area contributed by atoms with Crippen molar-refractivity contribution in [2.24, 2.45) is 0 Å². The lowest BCUT2D eigenvalue weighted by atomic mass is 9.76. The third-order valence-electron chi connectivity index (χ3n) is 6.24. The van der Waals surface area contributed by atoms with Crippen LogP contribution in [-0.4, -0.2) is 35.6 Å². The number of hydroxylamine groups is 2. The quantitative estimate of drug-likeness (QED) is 0.136. The van der Waals surface area contributed by atoms with Gasteiger partial charge in [-0.05, 0) is 55.5 Å². The van der Waals surface area contributed by atoms with Gasteiger partial charge in [-0.2, -0.15) is 0 Å². The molecule has 0 heterocycles. The third kappa shape index (κ3) is 6.25. The van der Waals surface area contributed by atoms with Crippen LogP contribution in [0.3, 0.4) is 0 Å². The predicted molar refractivity (Wildman–Crippen MR) is 143 cm³/mol. The minimum atomic E-state index is -0.970. The van der Waals surface area contributed by atoms with E-state index in [4.69, 9.17) is 9.57 Å². The average Bonchev–Trinajstić information content (AvgIpc) is 2.90. The Morgan fingerprint density at radius 2 is 1.42 bits per heavy atom. The SMILES string of the molecule is CCCCC[C@H](O)NC(=O)ON(C(C)C)C(c1ccccc1)(c1ccccc1)c1ccc(OC)cc1. The van der Waals surface area contributed by atoms with Gasteiger partial charge < -0.3 is 14.7 Å². The number of ether oxygens (including phenoxy) is 1. The zero-order valence-electron chi connectivity index (χ0n) is 21.7. The fraction of sp³-hybridized carbons (Fsp3) is 0.367. The van der Waals surface area contributed by atoms with Crippen LogP contribution in [0.2, 0.25) is 0 Å². The molecule has 0 fully saturated rings. The highest BCUT2D eigenvalue weighted by Crippen LogP contribution is 2.44. The Balaban J connectivity index is 2.13. The van der Waals surface area contributed by atoms with Crippen molar-refractivity contribution in [1.82, 2.24) is 10.4 Å². The normalized spacial score (nSPS) is 12.4. The average molecular weight is 491 g/mol. The number of nitrogens with one attached hydrogen (secondary N) is 1. The number of benzene rings is 3. The molecule has 0 radical (unpaired) electrons. The largest absolute Gasteiger partial charge is 0.497 e. The molecule has 3 aromatic rings. The molecule has 6 heteroatoms. The maximum absolute atomic E-state index is 13.1. The maximum atomic E-state index is 13.1. The summed E-state index contributed by atoms with van der Waals surface area (Å²) >= 11 is 0. The highest BCUT2D eigenvalue weighted by Gasteiger charge is 2.46. The number of carbonyl (C=O) groups is 1. The van der Waals surface area contributed by atoms with E-state index in [1.54, 1.807) is 12.2 Å². The second-order valence-corrected chi connectivity index (χ2v) is 9.13. The number of rotatable bonds is 12. The Morgan fingerprint density at radius 1 is 0.889 bits per heavy atom. The van der Waals surface area contributed by atoms with Gasteiger partial charge in [0.05, 0.1) is 7.11 Å². The van der Waals surface area contributed by atoms with Gasteiger partial charge in [-0.25, -0.2) is 4.79 Å². The lowest BCUT2D eigenvalue weighted by Gasteiger charge is -2.45. The van der Waals surface area contributed by atoms with Crippen LogP contribution in [-0.2, 0) is 10.4 Å². The molecule has 0 saturated carbocycles. The standard InChI is InChI=1S/C30H38N2O4/c1-5-6-9-18-28(33)31-29(34)36-32(23(2)3)30(24-14-10-7-11-15-24,25-16-12-8-13-17-25)26-19-21-27(35-4)22-20-26/h7-8,10-17,19-23,28,33H,5-6,9,18H2,1-4H3,(H,31,34)/t28-/m0/s1. The van der Waals surface area contributed by atoms with Gasteiger partial charge in [0.2, 0.25) is 0 Å². The van der Waals surface area contributed by atoms with Gasteiger partial charge in [-0.15, -0.1) is 5.06 Å². The van der Waals surface area contributed by atoms with E-state index in [0.717, 1.165) is 41.7 Å². The molecule has 36 heavy (non-hydrogen) atoms. The van der Waals surface area contributed by atoms with E-state index >= 15 is 0 Å². The minimum Gasteiger partial charge on any atom is -0.497 e. The highest BCUT2D eigenvalue weighted by atomic mass is 16.7. The summed E-state index contributed by atoms with van der Waals surface area (Å²) < 4.78 is 5.41. The Bertz CT molecular complexity index is 1020. The molecule has 3 aromatic carbocycles. The first-order valence-electron chi connectivity index (χ1n) is 12.6. The molecule has 1 amide bonds. The van der Waals surface area contributed by atoms with Crippen LogP contribution in [0, 0.1) is 0 Å². The van der Waals surface area contributed by atoms with E-state index in [2.05, 4.69) is 12.2 Å². The van der Waals surface area contributed by atoms with Crippen LogP contribution < -0.4 is 10.1 Å². The number of nitrogens with zero attached hydrogens (tertiary/aromatic N) is 1. The maximum Gasteiger partial charge on any atom is 0.428 e. The van der Waals surface area contributed by atoms with Crippen LogP contribution in [0.25, 0.3) is 0 Å². The monoisotopic (exact) mass is 490 g/mol. The number of aliphatic hydroxyl groups excluding tert-OH is 1. The molecule has 1 atom stereocenters. The summed E-state index contributed by atoms with van der Waals surface area (Å²) in [6.07, 6.45) is 1.67. The Morgan fingerprint density at radius 3 is 1.89 bits per heavy atom. The van der Waals surface area contributed by atoms with Gasteiger partial charge >= 0.3 is 6.09 Å². The molecule has 0 aliphatic rings. The van der Waals surface area contributed by atoms with Gasteiger partial charge in [-0.3, -0.25) is 5.32 Å². The van der Waals surface area contributed by atoms with E-state index in [9.17, 15) is 9.90 Å². The molecule has 192 valence electrons. The second-order valence-electron chi connectivity index (χ2n) is 9.13. The molecule has 0 aromatic heterocycles. The predicted octanol–water partition coefficient (Wildman–Crippen LogP) is 6.24. The number of hydrogen-bond donors (Lipinski definition) is 2. The van der Waals surface area contributed by atoms with E-state index in [1.807, 2.05) is 98.8 Å². The summed E-state index contributed by atoms with van der Waals surface area (Å²) in [6.45, 7) is 6.06. The molecule has 3 rings (SSSR count). The number of methoxy groups -OCH3 is 1. The molecule has 0 bridgehead atoms. The van der Waals surface area contributed by atoms with E-state index in [1.165, 1.54) is 0 Å². The number of carbonyl (C=O) groups excluding carboxylic acids is 1. The Labute approximate surface area is 214 Å². The lowest BCUT2D eigenvalue weighted by molar-refractivity contribution is -0.175. The number of amides is 1. The minimum absolute atomic E-state index is 0.213. The highest BCUT2D eigenvalue weighted by molar-refractivity contribution is 5.67. The van der Waals surface area contributed by atoms with Crippen molar-refractivity contribution in [3.8, 4) is 5.75 Å². The topological polar surface area (TPSA) is 71.0 Å². The molecule has 0 unspecified atom stereocenters.